The van der Waals surface area contributed by atoms with Crippen LogP contribution in [0.5, 0.6) is 0 Å². The van der Waals surface area contributed by atoms with E-state index in [1.54, 1.807) is 10.9 Å². The second-order valence-corrected chi connectivity index (χ2v) is 14.3. The van der Waals surface area contributed by atoms with Crippen LogP contribution in [0.15, 0.2) is 73.2 Å². The number of hydrogen-bond acceptors (Lipinski definition) is 8. The largest absolute Gasteiger partial charge is 0.353 e. The highest BCUT2D eigenvalue weighted by Crippen LogP contribution is 2.32. The molecule has 11 nitrogen and oxygen atoms in total. The third kappa shape index (κ3) is 7.56. The molecule has 3 heterocycles. The maximum atomic E-state index is 13.7. The zero-order valence-electron chi connectivity index (χ0n) is 25.1. The molecule has 1 saturated heterocycles. The molecule has 2 amide bonds. The van der Waals surface area contributed by atoms with E-state index in [4.69, 9.17) is 11.6 Å². The van der Waals surface area contributed by atoms with Gasteiger partial charge in [0, 0.05) is 56.2 Å². The number of aryl methyl sites for hydroxylation is 1. The fourth-order valence-electron chi connectivity index (χ4n) is 5.97. The van der Waals surface area contributed by atoms with Crippen LogP contribution in [-0.2, 0) is 23.4 Å². The van der Waals surface area contributed by atoms with Crippen molar-refractivity contribution in [2.24, 2.45) is 7.05 Å². The Morgan fingerprint density at radius 1 is 0.978 bits per heavy atom. The lowest BCUT2D eigenvalue weighted by atomic mass is 9.90. The third-order valence-corrected chi connectivity index (χ3v) is 10.3. The first-order valence-corrected chi connectivity index (χ1v) is 17.4. The number of halogens is 1. The summed E-state index contributed by atoms with van der Waals surface area (Å²) < 4.78 is 25.6. The summed E-state index contributed by atoms with van der Waals surface area (Å²) in [5, 5.41) is 11.3. The summed E-state index contributed by atoms with van der Waals surface area (Å²) in [4.78, 5) is 26.6. The van der Waals surface area contributed by atoms with Crippen LogP contribution in [0.4, 0.5) is 22.2 Å². The third-order valence-electron chi connectivity index (χ3n) is 8.45. The van der Waals surface area contributed by atoms with Crippen LogP contribution in [0.3, 0.4) is 0 Å². The Kier molecular flexibility index (Phi) is 9.22. The van der Waals surface area contributed by atoms with Gasteiger partial charge in [-0.3, -0.25) is 9.58 Å². The highest BCUT2D eigenvalue weighted by atomic mass is 35.5. The van der Waals surface area contributed by atoms with Gasteiger partial charge in [-0.05, 0) is 48.9 Å². The topological polar surface area (TPSA) is 125 Å². The average Bonchev–Trinajstić information content (AvgIpc) is 3.49. The molecule has 2 aliphatic rings. The van der Waals surface area contributed by atoms with Crippen molar-refractivity contribution in [3.8, 4) is 11.1 Å². The van der Waals surface area contributed by atoms with Crippen LogP contribution in [0.2, 0.25) is 5.02 Å². The molecule has 2 aromatic heterocycles. The number of anilines is 3. The van der Waals surface area contributed by atoms with Gasteiger partial charge in [-0.1, -0.05) is 54.1 Å². The first-order chi connectivity index (χ1) is 21.7. The van der Waals surface area contributed by atoms with Crippen LogP contribution in [-0.4, -0.2) is 70.9 Å². The predicted molar refractivity (Wildman–Crippen MR) is 177 cm³/mol. The molecule has 1 saturated carbocycles. The summed E-state index contributed by atoms with van der Waals surface area (Å²) in [6.07, 6.45) is 8.61. The zero-order valence-corrected chi connectivity index (χ0v) is 26.7. The number of sulfone groups is 1. The molecule has 0 bridgehead atoms. The van der Waals surface area contributed by atoms with Gasteiger partial charge in [0.1, 0.15) is 5.02 Å². The Balaban J connectivity index is 1.13. The van der Waals surface area contributed by atoms with Crippen molar-refractivity contribution < 1.29 is 13.2 Å². The number of aromatic nitrogens is 4. The van der Waals surface area contributed by atoms with Crippen molar-refractivity contribution in [3.05, 3.63) is 83.8 Å². The lowest BCUT2D eigenvalue weighted by Gasteiger charge is -2.37. The van der Waals surface area contributed by atoms with E-state index in [0.29, 0.717) is 36.4 Å². The van der Waals surface area contributed by atoms with Crippen LogP contribution >= 0.6 is 11.6 Å². The predicted octanol–water partition coefficient (Wildman–Crippen LogP) is 4.90. The molecule has 45 heavy (non-hydrogen) atoms. The maximum absolute atomic E-state index is 13.7. The molecule has 1 aliphatic heterocycles. The first kappa shape index (κ1) is 30.8. The number of hydrogen-bond donors (Lipinski definition) is 2. The van der Waals surface area contributed by atoms with Gasteiger partial charge < -0.3 is 15.5 Å². The van der Waals surface area contributed by atoms with E-state index in [0.717, 1.165) is 48.1 Å². The number of carbonyl (C=O) groups is 1. The molecule has 0 spiro atoms. The molecule has 6 rings (SSSR count). The lowest BCUT2D eigenvalue weighted by molar-refractivity contribution is 0.240. The molecule has 0 atom stereocenters. The molecule has 2 N–H and O–H groups in total. The molecule has 2 aromatic carbocycles. The zero-order chi connectivity index (χ0) is 31.4. The monoisotopic (exact) mass is 648 g/mol. The van der Waals surface area contributed by atoms with Crippen molar-refractivity contribution in [2.75, 3.05) is 39.7 Å². The van der Waals surface area contributed by atoms with Gasteiger partial charge in [-0.15, -0.1) is 0 Å². The van der Waals surface area contributed by atoms with Crippen LogP contribution in [0.25, 0.3) is 11.1 Å². The normalized spacial score (nSPS) is 19.6. The molecule has 2 fully saturated rings. The molecule has 0 radical (unpaired) electrons. The average molecular weight is 649 g/mol. The van der Waals surface area contributed by atoms with E-state index in [-0.39, 0.29) is 29.6 Å². The Morgan fingerprint density at radius 2 is 1.69 bits per heavy atom. The summed E-state index contributed by atoms with van der Waals surface area (Å²) in [5.41, 5.74) is 3.95. The van der Waals surface area contributed by atoms with Crippen molar-refractivity contribution in [3.63, 3.8) is 0 Å². The number of nitrogens with zero attached hydrogens (tertiary/aromatic N) is 6. The van der Waals surface area contributed by atoms with Gasteiger partial charge in [0.15, 0.2) is 15.7 Å². The van der Waals surface area contributed by atoms with E-state index in [1.165, 1.54) is 0 Å². The molecule has 4 aromatic rings. The van der Waals surface area contributed by atoms with Crippen molar-refractivity contribution in [2.45, 2.75) is 44.3 Å². The van der Waals surface area contributed by atoms with Crippen molar-refractivity contribution in [1.29, 1.82) is 0 Å². The van der Waals surface area contributed by atoms with E-state index in [9.17, 15) is 13.2 Å². The molecular weight excluding hydrogens is 612 g/mol. The van der Waals surface area contributed by atoms with Gasteiger partial charge in [-0.25, -0.2) is 18.2 Å². The number of nitrogens with one attached hydrogen (secondary N) is 2. The van der Waals surface area contributed by atoms with Gasteiger partial charge in [0.05, 0.1) is 23.9 Å². The number of amides is 2. The summed E-state index contributed by atoms with van der Waals surface area (Å²) in [6, 6.07) is 18.0. The van der Waals surface area contributed by atoms with Crippen molar-refractivity contribution >= 4 is 44.9 Å². The molecule has 236 valence electrons. The number of rotatable bonds is 8. The van der Waals surface area contributed by atoms with E-state index < -0.39 is 9.84 Å². The van der Waals surface area contributed by atoms with Gasteiger partial charge >= 0.3 is 6.03 Å². The second kappa shape index (κ2) is 13.5. The highest BCUT2D eigenvalue weighted by Gasteiger charge is 2.31. The van der Waals surface area contributed by atoms with Gasteiger partial charge in [0.25, 0.3) is 0 Å². The molecule has 1 aliphatic carbocycles. The minimum atomic E-state index is -3.02. The minimum Gasteiger partial charge on any atom is -0.353 e. The number of benzene rings is 2. The maximum Gasteiger partial charge on any atom is 0.322 e. The van der Waals surface area contributed by atoms with E-state index >= 15 is 0 Å². The van der Waals surface area contributed by atoms with E-state index in [1.807, 2.05) is 83.8 Å². The molecule has 13 heteroatoms. The van der Waals surface area contributed by atoms with Gasteiger partial charge in [0.2, 0.25) is 5.95 Å². The number of urea groups is 1. The van der Waals surface area contributed by atoms with Gasteiger partial charge in [-0.2, -0.15) is 10.1 Å². The second-order valence-electron chi connectivity index (χ2n) is 11.6. The van der Waals surface area contributed by atoms with Crippen molar-refractivity contribution in [1.82, 2.24) is 25.1 Å². The Morgan fingerprint density at radius 3 is 2.36 bits per heavy atom. The fourth-order valence-corrected chi connectivity index (χ4v) is 7.38. The Bertz CT molecular complexity index is 1710. The minimum absolute atomic E-state index is 0.0139. The summed E-state index contributed by atoms with van der Waals surface area (Å²) in [5.74, 6) is 1.19. The summed E-state index contributed by atoms with van der Waals surface area (Å²) in [6.45, 7) is 1.16. The Hall–Kier alpha value is -4.16. The molecular formula is C32H37ClN8O3S. The molecule has 0 unspecified atom stereocenters. The van der Waals surface area contributed by atoms with Crippen LogP contribution in [0.1, 0.15) is 31.2 Å². The van der Waals surface area contributed by atoms with Crippen LogP contribution < -0.4 is 20.4 Å². The number of carbonyl (C=O) groups excluding carboxylic acids is 1. The summed E-state index contributed by atoms with van der Waals surface area (Å²) in [7, 11) is -1.13. The SMILES string of the molecule is Cn1cc(-c2ccc(N(C(=O)NCc3ccccc3)[C@H]3CC[C@H](Nc4ncc(Cl)c(N5CCS(=O)(=O)CC5)n4)CC3)cc2)cn1. The fraction of sp³-hybridized carbons (Fsp3) is 0.375. The highest BCUT2D eigenvalue weighted by molar-refractivity contribution is 7.91. The Labute approximate surface area is 268 Å². The first-order valence-electron chi connectivity index (χ1n) is 15.2. The van der Waals surface area contributed by atoms with E-state index in [2.05, 4.69) is 25.7 Å². The lowest BCUT2D eigenvalue weighted by Crippen LogP contribution is -2.48. The standard InChI is InChI=1S/C32H37ClN8O3S/c1-39-22-25(20-36-39)24-7-11-27(12-8-24)41(32(42)35-19-23-5-3-2-4-6-23)28-13-9-26(10-14-28)37-31-34-21-29(33)30(38-31)40-15-17-45(43,44)18-16-40/h2-8,11-12,20-22,26,28H,9-10,13-19H2,1H3,(H,35,42)(H,34,37,38)/t26-,28-. The quantitative estimate of drug-likeness (QED) is 0.276. The smallest absolute Gasteiger partial charge is 0.322 e. The van der Waals surface area contributed by atoms with Crippen LogP contribution in [0, 0.1) is 0 Å². The summed E-state index contributed by atoms with van der Waals surface area (Å²) >= 11 is 6.40.